The first-order valence-electron chi connectivity index (χ1n) is 10.0. The summed E-state index contributed by atoms with van der Waals surface area (Å²) in [5.41, 5.74) is -2.59. The van der Waals surface area contributed by atoms with Crippen molar-refractivity contribution in [3.05, 3.63) is 23.8 Å². The lowest BCUT2D eigenvalue weighted by Crippen LogP contribution is -2.66. The predicted octanol–water partition coefficient (Wildman–Crippen LogP) is 2.78. The van der Waals surface area contributed by atoms with Crippen LogP contribution in [-0.4, -0.2) is 40.2 Å². The number of alkyl halides is 1. The number of rotatable bonds is 2. The first-order valence-corrected chi connectivity index (χ1v) is 10.0. The summed E-state index contributed by atoms with van der Waals surface area (Å²) in [6.45, 7) is 5.29. The second-order valence-corrected chi connectivity index (χ2v) is 9.67. The third-order valence-corrected chi connectivity index (χ3v) is 8.48. The molecule has 0 saturated heterocycles. The highest BCUT2D eigenvalue weighted by molar-refractivity contribution is 6.01. The highest BCUT2D eigenvalue weighted by Crippen LogP contribution is 2.69. The van der Waals surface area contributed by atoms with Crippen molar-refractivity contribution in [2.24, 2.45) is 34.5 Å². The molecule has 4 nitrogen and oxygen atoms in total. The molecule has 27 heavy (non-hydrogen) atoms. The lowest BCUT2D eigenvalue weighted by molar-refractivity contribution is -0.195. The van der Waals surface area contributed by atoms with Crippen molar-refractivity contribution < 1.29 is 24.2 Å². The van der Waals surface area contributed by atoms with Crippen molar-refractivity contribution in [2.45, 2.75) is 58.2 Å². The minimum absolute atomic E-state index is 0.0224. The van der Waals surface area contributed by atoms with E-state index in [1.807, 2.05) is 13.8 Å². The molecule has 0 amide bonds. The predicted molar refractivity (Wildman–Crippen MR) is 98.5 cm³/mol. The summed E-state index contributed by atoms with van der Waals surface area (Å²) in [6.07, 6.45) is 5.53. The van der Waals surface area contributed by atoms with Gasteiger partial charge in [-0.05, 0) is 62.0 Å². The molecule has 0 aliphatic heterocycles. The molecule has 3 unspecified atom stereocenters. The Morgan fingerprint density at radius 1 is 1.33 bits per heavy atom. The van der Waals surface area contributed by atoms with Gasteiger partial charge < -0.3 is 10.2 Å². The van der Waals surface area contributed by atoms with Gasteiger partial charge in [-0.2, -0.15) is 0 Å². The molecule has 3 saturated carbocycles. The Bertz CT molecular complexity index is 757. The maximum atomic E-state index is 16.8. The number of hydrogen-bond donors (Lipinski definition) is 2. The number of ketones is 2. The van der Waals surface area contributed by atoms with Crippen molar-refractivity contribution in [3.63, 3.8) is 0 Å². The minimum Gasteiger partial charge on any atom is -0.390 e. The smallest absolute Gasteiger partial charge is 0.178 e. The van der Waals surface area contributed by atoms with Crippen LogP contribution in [0.1, 0.15) is 46.5 Å². The van der Waals surface area contributed by atoms with Crippen molar-refractivity contribution in [1.29, 1.82) is 0 Å². The van der Waals surface area contributed by atoms with Gasteiger partial charge >= 0.3 is 0 Å². The normalized spacial score (nSPS) is 51.3. The summed E-state index contributed by atoms with van der Waals surface area (Å²) in [4.78, 5) is 24.3. The number of carbonyl (C=O) groups excluding carboxylic acids is 2. The minimum atomic E-state index is -1.85. The summed E-state index contributed by atoms with van der Waals surface area (Å²) in [5.74, 6) is -1.00. The number of allylic oxidation sites excluding steroid dienone is 4. The molecule has 148 valence electrons. The highest BCUT2D eigenvalue weighted by atomic mass is 19.1. The Balaban J connectivity index is 1.80. The molecule has 4 aliphatic carbocycles. The average molecular weight is 376 g/mol. The zero-order valence-corrected chi connectivity index (χ0v) is 16.2. The van der Waals surface area contributed by atoms with Gasteiger partial charge in [0.1, 0.15) is 6.61 Å². The van der Waals surface area contributed by atoms with E-state index in [9.17, 15) is 19.8 Å². The second kappa shape index (κ2) is 5.84. The monoisotopic (exact) mass is 376 g/mol. The van der Waals surface area contributed by atoms with Gasteiger partial charge in [0.05, 0.1) is 6.10 Å². The van der Waals surface area contributed by atoms with Crippen LogP contribution in [0.4, 0.5) is 4.39 Å². The van der Waals surface area contributed by atoms with Gasteiger partial charge in [0.25, 0.3) is 0 Å². The van der Waals surface area contributed by atoms with Gasteiger partial charge in [-0.15, -0.1) is 0 Å². The van der Waals surface area contributed by atoms with E-state index in [1.54, 1.807) is 13.0 Å². The van der Waals surface area contributed by atoms with Crippen LogP contribution in [0.5, 0.6) is 0 Å². The molecule has 0 aromatic rings. The molecular formula is C22H29FO4. The van der Waals surface area contributed by atoms with E-state index < -0.39 is 29.2 Å². The first-order chi connectivity index (χ1) is 12.6. The van der Waals surface area contributed by atoms with Gasteiger partial charge in [0.2, 0.25) is 0 Å². The molecule has 2 N–H and O–H groups in total. The fourth-order valence-corrected chi connectivity index (χ4v) is 7.36. The fourth-order valence-electron chi connectivity index (χ4n) is 7.36. The van der Waals surface area contributed by atoms with Crippen molar-refractivity contribution in [2.75, 3.05) is 6.61 Å². The third kappa shape index (κ3) is 2.21. The van der Waals surface area contributed by atoms with Crippen LogP contribution in [0.15, 0.2) is 23.8 Å². The molecule has 8 atom stereocenters. The van der Waals surface area contributed by atoms with E-state index in [0.29, 0.717) is 12.8 Å². The second-order valence-electron chi connectivity index (χ2n) is 9.67. The molecule has 4 rings (SSSR count). The van der Waals surface area contributed by atoms with Crippen LogP contribution in [-0.2, 0) is 9.59 Å². The number of fused-ring (bicyclic) bond motifs is 5. The molecule has 0 aromatic carbocycles. The van der Waals surface area contributed by atoms with Crippen molar-refractivity contribution in [1.82, 2.24) is 0 Å². The Labute approximate surface area is 159 Å². The van der Waals surface area contributed by atoms with Crippen LogP contribution < -0.4 is 0 Å². The maximum absolute atomic E-state index is 16.8. The molecule has 0 bridgehead atoms. The molecule has 0 heterocycles. The zero-order chi connectivity index (χ0) is 19.8. The quantitative estimate of drug-likeness (QED) is 0.777. The molecule has 0 spiro atoms. The maximum Gasteiger partial charge on any atom is 0.178 e. The van der Waals surface area contributed by atoms with E-state index in [2.05, 4.69) is 0 Å². The van der Waals surface area contributed by atoms with Crippen LogP contribution in [0.2, 0.25) is 0 Å². The molecule has 5 heteroatoms. The summed E-state index contributed by atoms with van der Waals surface area (Å²) >= 11 is 0. The zero-order valence-electron chi connectivity index (χ0n) is 16.2. The van der Waals surface area contributed by atoms with E-state index in [-0.39, 0.29) is 41.7 Å². The first kappa shape index (κ1) is 19.0. The average Bonchev–Trinajstić information content (AvgIpc) is 2.86. The van der Waals surface area contributed by atoms with Crippen molar-refractivity contribution >= 4 is 11.6 Å². The molecule has 0 aromatic heterocycles. The van der Waals surface area contributed by atoms with Gasteiger partial charge in [-0.1, -0.05) is 25.5 Å². The van der Waals surface area contributed by atoms with Crippen LogP contribution in [0.25, 0.3) is 0 Å². The Hall–Kier alpha value is -1.33. The van der Waals surface area contributed by atoms with Crippen LogP contribution in [0, 0.1) is 34.5 Å². The number of hydrogen-bond acceptors (Lipinski definition) is 4. The summed E-state index contributed by atoms with van der Waals surface area (Å²) in [7, 11) is 0. The lowest BCUT2D eigenvalue weighted by Gasteiger charge is -2.62. The summed E-state index contributed by atoms with van der Waals surface area (Å²) < 4.78 is 16.8. The third-order valence-electron chi connectivity index (χ3n) is 8.48. The number of halogens is 1. The number of aliphatic hydroxyl groups excluding tert-OH is 2. The fraction of sp³-hybridized carbons (Fsp3) is 0.727. The summed E-state index contributed by atoms with van der Waals surface area (Å²) in [5, 5.41) is 20.6. The van der Waals surface area contributed by atoms with Gasteiger partial charge in [0, 0.05) is 17.3 Å². The summed E-state index contributed by atoms with van der Waals surface area (Å²) in [6, 6.07) is 0. The van der Waals surface area contributed by atoms with Crippen molar-refractivity contribution in [3.8, 4) is 0 Å². The Morgan fingerprint density at radius 3 is 2.70 bits per heavy atom. The molecular weight excluding hydrogens is 347 g/mol. The van der Waals surface area contributed by atoms with Gasteiger partial charge in [0.15, 0.2) is 17.2 Å². The van der Waals surface area contributed by atoms with E-state index in [4.69, 9.17) is 0 Å². The number of aliphatic hydroxyl groups is 2. The lowest BCUT2D eigenvalue weighted by atomic mass is 9.45. The SMILES string of the molecule is CC1C[C@H]2[C@@H]3CCC4=CC(=O)C=C[C@]4(C)[C@@]3(F)C(O)C[C@]2(C)C1C(=O)CO. The van der Waals surface area contributed by atoms with E-state index in [1.165, 1.54) is 12.2 Å². The van der Waals surface area contributed by atoms with Crippen LogP contribution >= 0.6 is 0 Å². The molecule has 4 aliphatic rings. The standard InChI is InChI=1S/C22H29FO4/c1-12-8-16-15-5-4-13-9-14(25)6-7-21(13,3)22(15,23)18(27)10-20(16,2)19(12)17(26)11-24/h6-7,9,12,15-16,18-19,24,27H,4-5,8,10-11H2,1-3H3/t12?,15-,16-,18?,19?,20-,21-,22-/m0/s1. The van der Waals surface area contributed by atoms with E-state index >= 15 is 4.39 Å². The highest BCUT2D eigenvalue weighted by Gasteiger charge is 2.71. The Kier molecular flexibility index (Phi) is 4.11. The van der Waals surface area contributed by atoms with E-state index in [0.717, 1.165) is 12.0 Å². The van der Waals surface area contributed by atoms with Gasteiger partial charge in [-0.3, -0.25) is 9.59 Å². The van der Waals surface area contributed by atoms with Gasteiger partial charge in [-0.25, -0.2) is 4.39 Å². The van der Waals surface area contributed by atoms with Crippen LogP contribution in [0.3, 0.4) is 0 Å². The number of Topliss-reactive ketones (excluding diaryl/α,β-unsaturated/α-hetero) is 1. The largest absolute Gasteiger partial charge is 0.390 e. The molecule has 3 fully saturated rings. The number of carbonyl (C=O) groups is 2. The Morgan fingerprint density at radius 2 is 2.04 bits per heavy atom. The topological polar surface area (TPSA) is 74.6 Å². The molecule has 0 radical (unpaired) electrons.